The second-order valence-electron chi connectivity index (χ2n) is 5.95. The highest BCUT2D eigenvalue weighted by Gasteiger charge is 2.21. The molecule has 2 amide bonds. The van der Waals surface area contributed by atoms with Gasteiger partial charge in [-0.05, 0) is 30.7 Å². The molecule has 0 spiro atoms. The molecule has 6 nitrogen and oxygen atoms in total. The van der Waals surface area contributed by atoms with Crippen LogP contribution in [0.4, 0.5) is 11.4 Å². The molecule has 23 heavy (non-hydrogen) atoms. The van der Waals surface area contributed by atoms with Crippen LogP contribution in [-0.4, -0.2) is 56.1 Å². The molecule has 0 aromatic heterocycles. The molecule has 1 aromatic carbocycles. The van der Waals surface area contributed by atoms with Crippen LogP contribution in [0.15, 0.2) is 24.3 Å². The van der Waals surface area contributed by atoms with E-state index < -0.39 is 0 Å². The van der Waals surface area contributed by atoms with Gasteiger partial charge in [0.1, 0.15) is 0 Å². The summed E-state index contributed by atoms with van der Waals surface area (Å²) in [7, 11) is 0. The van der Waals surface area contributed by atoms with E-state index in [-0.39, 0.29) is 11.8 Å². The number of hydrogen-bond donors (Lipinski definition) is 1. The average molecular weight is 317 g/mol. The highest BCUT2D eigenvalue weighted by atomic mass is 16.5. The molecule has 2 saturated heterocycles. The number of rotatable bonds is 5. The Balaban J connectivity index is 1.47. The molecular formula is C17H23N3O3. The number of amides is 2. The Morgan fingerprint density at radius 3 is 2.52 bits per heavy atom. The predicted molar refractivity (Wildman–Crippen MR) is 88.5 cm³/mol. The van der Waals surface area contributed by atoms with Crippen molar-refractivity contribution in [1.29, 1.82) is 0 Å². The number of benzene rings is 1. The smallest absolute Gasteiger partial charge is 0.227 e. The monoisotopic (exact) mass is 317 g/mol. The second-order valence-corrected chi connectivity index (χ2v) is 5.95. The van der Waals surface area contributed by atoms with Crippen molar-refractivity contribution in [3.63, 3.8) is 0 Å². The van der Waals surface area contributed by atoms with E-state index in [0.717, 1.165) is 57.2 Å². The standard InChI is InChI=1S/C17H23N3O3/c21-16(7-9-19-10-12-23-13-11-19)18-14-3-5-15(6-4-14)20-8-1-2-17(20)22/h3-6H,1-2,7-13H2,(H,18,21). The van der Waals surface area contributed by atoms with Crippen LogP contribution < -0.4 is 10.2 Å². The molecule has 0 saturated carbocycles. The summed E-state index contributed by atoms with van der Waals surface area (Å²) in [6.07, 6.45) is 2.02. The lowest BCUT2D eigenvalue weighted by atomic mass is 10.2. The third-order valence-corrected chi connectivity index (χ3v) is 4.29. The summed E-state index contributed by atoms with van der Waals surface area (Å²) in [6.45, 7) is 4.83. The molecule has 2 heterocycles. The number of carbonyl (C=O) groups is 2. The first-order valence-corrected chi connectivity index (χ1v) is 8.23. The lowest BCUT2D eigenvalue weighted by Gasteiger charge is -2.26. The number of carbonyl (C=O) groups excluding carboxylic acids is 2. The summed E-state index contributed by atoms with van der Waals surface area (Å²) in [5, 5.41) is 2.91. The number of nitrogens with one attached hydrogen (secondary N) is 1. The zero-order chi connectivity index (χ0) is 16.1. The first kappa shape index (κ1) is 16.0. The number of anilines is 2. The topological polar surface area (TPSA) is 61.9 Å². The SMILES string of the molecule is O=C(CCN1CCOCC1)Nc1ccc(N2CCCC2=O)cc1. The Hall–Kier alpha value is -1.92. The van der Waals surface area contributed by atoms with Crippen molar-refractivity contribution in [3.05, 3.63) is 24.3 Å². The van der Waals surface area contributed by atoms with E-state index in [9.17, 15) is 9.59 Å². The molecule has 2 aliphatic heterocycles. The molecular weight excluding hydrogens is 294 g/mol. The van der Waals surface area contributed by atoms with Crippen LogP contribution in [-0.2, 0) is 14.3 Å². The molecule has 1 N–H and O–H groups in total. The van der Waals surface area contributed by atoms with Gasteiger partial charge in [-0.3, -0.25) is 14.5 Å². The van der Waals surface area contributed by atoms with Gasteiger partial charge in [-0.1, -0.05) is 0 Å². The summed E-state index contributed by atoms with van der Waals surface area (Å²) in [4.78, 5) is 27.8. The van der Waals surface area contributed by atoms with Crippen LogP contribution in [0.3, 0.4) is 0 Å². The van der Waals surface area contributed by atoms with E-state index in [4.69, 9.17) is 4.74 Å². The van der Waals surface area contributed by atoms with E-state index in [1.165, 1.54) is 0 Å². The Bertz CT molecular complexity index is 553. The van der Waals surface area contributed by atoms with Crippen molar-refractivity contribution in [2.45, 2.75) is 19.3 Å². The fourth-order valence-electron chi connectivity index (χ4n) is 2.95. The number of morpholine rings is 1. The number of ether oxygens (including phenoxy) is 1. The van der Waals surface area contributed by atoms with Crippen molar-refractivity contribution in [3.8, 4) is 0 Å². The van der Waals surface area contributed by atoms with E-state index in [1.807, 2.05) is 24.3 Å². The molecule has 124 valence electrons. The van der Waals surface area contributed by atoms with Gasteiger partial charge in [-0.25, -0.2) is 0 Å². The second kappa shape index (κ2) is 7.57. The van der Waals surface area contributed by atoms with Crippen molar-refractivity contribution in [2.75, 3.05) is 49.6 Å². The summed E-state index contributed by atoms with van der Waals surface area (Å²) in [5.74, 6) is 0.189. The van der Waals surface area contributed by atoms with Gasteiger partial charge in [0.15, 0.2) is 0 Å². The van der Waals surface area contributed by atoms with Crippen LogP contribution in [0.5, 0.6) is 0 Å². The zero-order valence-corrected chi connectivity index (χ0v) is 13.3. The molecule has 0 bridgehead atoms. The van der Waals surface area contributed by atoms with Gasteiger partial charge < -0.3 is 15.0 Å². The van der Waals surface area contributed by atoms with Gasteiger partial charge in [-0.2, -0.15) is 0 Å². The highest BCUT2D eigenvalue weighted by Crippen LogP contribution is 2.23. The summed E-state index contributed by atoms with van der Waals surface area (Å²) < 4.78 is 5.29. The minimum absolute atomic E-state index is 0.0153. The van der Waals surface area contributed by atoms with Crippen LogP contribution in [0, 0.1) is 0 Å². The van der Waals surface area contributed by atoms with Crippen molar-refractivity contribution < 1.29 is 14.3 Å². The maximum absolute atomic E-state index is 12.0. The van der Waals surface area contributed by atoms with Crippen LogP contribution in [0.2, 0.25) is 0 Å². The average Bonchev–Trinajstić information content (AvgIpc) is 3.01. The molecule has 0 atom stereocenters. The maximum atomic E-state index is 12.0. The van der Waals surface area contributed by atoms with E-state index >= 15 is 0 Å². The third kappa shape index (κ3) is 4.30. The zero-order valence-electron chi connectivity index (χ0n) is 13.3. The predicted octanol–water partition coefficient (Wildman–Crippen LogP) is 1.47. The molecule has 2 fully saturated rings. The Kier molecular flexibility index (Phi) is 5.25. The maximum Gasteiger partial charge on any atom is 0.227 e. The molecule has 2 aliphatic rings. The normalized spacial score (nSPS) is 19.1. The quantitative estimate of drug-likeness (QED) is 0.893. The highest BCUT2D eigenvalue weighted by molar-refractivity contribution is 5.96. The van der Waals surface area contributed by atoms with Gasteiger partial charge in [0.05, 0.1) is 13.2 Å². The molecule has 6 heteroatoms. The lowest BCUT2D eigenvalue weighted by molar-refractivity contribution is -0.117. The molecule has 0 radical (unpaired) electrons. The van der Waals surface area contributed by atoms with Crippen molar-refractivity contribution in [1.82, 2.24) is 4.90 Å². The lowest BCUT2D eigenvalue weighted by Crippen LogP contribution is -2.38. The molecule has 1 aromatic rings. The van der Waals surface area contributed by atoms with Gasteiger partial charge in [0.2, 0.25) is 11.8 Å². The summed E-state index contributed by atoms with van der Waals surface area (Å²) in [5.41, 5.74) is 1.67. The molecule has 3 rings (SSSR count). The number of nitrogens with zero attached hydrogens (tertiary/aromatic N) is 2. The minimum Gasteiger partial charge on any atom is -0.379 e. The number of hydrogen-bond acceptors (Lipinski definition) is 4. The van der Waals surface area contributed by atoms with E-state index in [1.54, 1.807) is 4.90 Å². The van der Waals surface area contributed by atoms with Gasteiger partial charge in [0, 0.05) is 50.4 Å². The largest absolute Gasteiger partial charge is 0.379 e. The fraction of sp³-hybridized carbons (Fsp3) is 0.529. The Morgan fingerprint density at radius 2 is 1.87 bits per heavy atom. The molecule has 0 aliphatic carbocycles. The third-order valence-electron chi connectivity index (χ3n) is 4.29. The van der Waals surface area contributed by atoms with Crippen LogP contribution in [0.25, 0.3) is 0 Å². The van der Waals surface area contributed by atoms with Crippen LogP contribution >= 0.6 is 0 Å². The van der Waals surface area contributed by atoms with Gasteiger partial charge in [-0.15, -0.1) is 0 Å². The van der Waals surface area contributed by atoms with Crippen molar-refractivity contribution >= 4 is 23.2 Å². The summed E-state index contributed by atoms with van der Waals surface area (Å²) in [6, 6.07) is 7.49. The first-order chi connectivity index (χ1) is 11.2. The molecule has 0 unspecified atom stereocenters. The Morgan fingerprint density at radius 1 is 1.13 bits per heavy atom. The van der Waals surface area contributed by atoms with Crippen molar-refractivity contribution in [2.24, 2.45) is 0 Å². The minimum atomic E-state index is 0.0153. The van der Waals surface area contributed by atoms with Gasteiger partial charge in [0.25, 0.3) is 0 Å². The van der Waals surface area contributed by atoms with Crippen LogP contribution in [0.1, 0.15) is 19.3 Å². The van der Waals surface area contributed by atoms with E-state index in [2.05, 4.69) is 10.2 Å². The van der Waals surface area contributed by atoms with Gasteiger partial charge >= 0.3 is 0 Å². The summed E-state index contributed by atoms with van der Waals surface area (Å²) >= 11 is 0. The van der Waals surface area contributed by atoms with E-state index in [0.29, 0.717) is 12.8 Å². The first-order valence-electron chi connectivity index (χ1n) is 8.23. The Labute approximate surface area is 136 Å². The fourth-order valence-corrected chi connectivity index (χ4v) is 2.95.